The van der Waals surface area contributed by atoms with E-state index in [2.05, 4.69) is 11.0 Å². The molecule has 1 aromatic heterocycles. The Morgan fingerprint density at radius 3 is 2.69 bits per heavy atom. The number of ether oxygens (including phenoxy) is 1. The van der Waals surface area contributed by atoms with Crippen LogP contribution in [0.1, 0.15) is 4.88 Å². The Labute approximate surface area is 153 Å². The zero-order valence-corrected chi connectivity index (χ0v) is 14.8. The largest absolute Gasteiger partial charge is 0.477 e. The van der Waals surface area contributed by atoms with Gasteiger partial charge in [-0.3, -0.25) is 19.8 Å². The van der Waals surface area contributed by atoms with Gasteiger partial charge < -0.3 is 9.64 Å². The van der Waals surface area contributed by atoms with Gasteiger partial charge in [-0.05, 0) is 17.5 Å². The van der Waals surface area contributed by atoms with E-state index in [1.54, 1.807) is 16.2 Å². The zero-order chi connectivity index (χ0) is 18.5. The number of nitro benzene ring substituents is 1. The minimum absolute atomic E-state index is 0.236. The van der Waals surface area contributed by atoms with Crippen LogP contribution in [0.25, 0.3) is 0 Å². The first-order valence-electron chi connectivity index (χ1n) is 8.12. The average Bonchev–Trinajstić information content (AvgIpc) is 3.13. The molecule has 138 valence electrons. The Hall–Kier alpha value is -2.52. The Morgan fingerprint density at radius 1 is 1.27 bits per heavy atom. The van der Waals surface area contributed by atoms with Gasteiger partial charge in [0.05, 0.1) is 4.92 Å². The molecule has 0 radical (unpaired) electrons. The normalized spacial score (nSPS) is 15.0. The number of halogens is 1. The van der Waals surface area contributed by atoms with Crippen molar-refractivity contribution in [3.05, 3.63) is 56.5 Å². The number of thiophene rings is 1. The number of nitrogens with zero attached hydrogens (tertiary/aromatic N) is 3. The van der Waals surface area contributed by atoms with Gasteiger partial charge in [0.15, 0.2) is 6.61 Å². The third-order valence-corrected chi connectivity index (χ3v) is 5.02. The predicted molar refractivity (Wildman–Crippen MR) is 94.7 cm³/mol. The van der Waals surface area contributed by atoms with Gasteiger partial charge in [-0.2, -0.15) is 0 Å². The second-order valence-corrected chi connectivity index (χ2v) is 6.93. The van der Waals surface area contributed by atoms with E-state index < -0.39 is 10.7 Å². The molecule has 0 saturated carbocycles. The highest BCUT2D eigenvalue weighted by molar-refractivity contribution is 7.09. The summed E-state index contributed by atoms with van der Waals surface area (Å²) in [5.74, 6) is -1.15. The Kier molecular flexibility index (Phi) is 5.79. The molecule has 0 atom stereocenters. The van der Waals surface area contributed by atoms with E-state index in [0.29, 0.717) is 13.1 Å². The molecule has 9 heteroatoms. The van der Waals surface area contributed by atoms with E-state index in [0.717, 1.165) is 37.8 Å². The van der Waals surface area contributed by atoms with E-state index >= 15 is 0 Å². The fraction of sp³-hybridized carbons (Fsp3) is 0.353. The second kappa shape index (κ2) is 8.24. The molecule has 1 fully saturated rings. The van der Waals surface area contributed by atoms with Crippen LogP contribution in [-0.4, -0.2) is 53.4 Å². The molecule has 0 N–H and O–H groups in total. The number of nitro groups is 1. The van der Waals surface area contributed by atoms with E-state index in [9.17, 15) is 19.3 Å². The Morgan fingerprint density at radius 2 is 2.04 bits per heavy atom. The molecular formula is C17H18FN3O4S. The molecule has 7 nitrogen and oxygen atoms in total. The summed E-state index contributed by atoms with van der Waals surface area (Å²) in [4.78, 5) is 27.8. The van der Waals surface area contributed by atoms with Gasteiger partial charge in [-0.25, -0.2) is 4.39 Å². The van der Waals surface area contributed by atoms with Crippen LogP contribution in [0.4, 0.5) is 10.1 Å². The highest BCUT2D eigenvalue weighted by Crippen LogP contribution is 2.27. The lowest BCUT2D eigenvalue weighted by molar-refractivity contribution is -0.385. The van der Waals surface area contributed by atoms with Crippen LogP contribution in [0.3, 0.4) is 0 Å². The average molecular weight is 379 g/mol. The second-order valence-electron chi connectivity index (χ2n) is 5.89. The van der Waals surface area contributed by atoms with Gasteiger partial charge in [-0.15, -0.1) is 11.3 Å². The fourth-order valence-electron chi connectivity index (χ4n) is 2.76. The van der Waals surface area contributed by atoms with Crippen LogP contribution in [0.5, 0.6) is 5.75 Å². The van der Waals surface area contributed by atoms with Gasteiger partial charge in [0.1, 0.15) is 5.82 Å². The van der Waals surface area contributed by atoms with Crippen LogP contribution < -0.4 is 4.74 Å². The van der Waals surface area contributed by atoms with Crippen molar-refractivity contribution < 1.29 is 18.8 Å². The fourth-order valence-corrected chi connectivity index (χ4v) is 3.51. The monoisotopic (exact) mass is 379 g/mol. The molecule has 1 aromatic carbocycles. The van der Waals surface area contributed by atoms with Gasteiger partial charge in [0.25, 0.3) is 5.91 Å². The minimum Gasteiger partial charge on any atom is -0.477 e. The molecule has 1 aliphatic heterocycles. The summed E-state index contributed by atoms with van der Waals surface area (Å²) in [6, 6.07) is 7.03. The number of amides is 1. The SMILES string of the molecule is O=C(COc1cc(F)ccc1[N+](=O)[O-])N1CCN(Cc2cccs2)CC1. The zero-order valence-electron chi connectivity index (χ0n) is 14.0. The summed E-state index contributed by atoms with van der Waals surface area (Å²) in [7, 11) is 0. The predicted octanol–water partition coefficient (Wildman–Crippen LogP) is 2.52. The molecule has 3 rings (SSSR count). The summed E-state index contributed by atoms with van der Waals surface area (Å²) >= 11 is 1.71. The topological polar surface area (TPSA) is 75.9 Å². The maximum Gasteiger partial charge on any atom is 0.311 e. The Bertz CT molecular complexity index is 776. The van der Waals surface area contributed by atoms with Gasteiger partial charge in [-0.1, -0.05) is 6.07 Å². The highest BCUT2D eigenvalue weighted by atomic mass is 32.1. The molecule has 2 heterocycles. The molecule has 26 heavy (non-hydrogen) atoms. The lowest BCUT2D eigenvalue weighted by Crippen LogP contribution is -2.49. The summed E-state index contributed by atoms with van der Waals surface area (Å²) in [6.45, 7) is 3.16. The standard InChI is InChI=1S/C17H18FN3O4S/c18-13-3-4-15(21(23)24)16(10-13)25-12-17(22)20-7-5-19(6-8-20)11-14-2-1-9-26-14/h1-4,9-10H,5-8,11-12H2. The minimum atomic E-state index is -0.664. The molecule has 0 aliphatic carbocycles. The van der Waals surface area contributed by atoms with Crippen molar-refractivity contribution in [1.82, 2.24) is 9.80 Å². The number of carbonyl (C=O) groups excluding carboxylic acids is 1. The highest BCUT2D eigenvalue weighted by Gasteiger charge is 2.23. The molecule has 1 aliphatic rings. The lowest BCUT2D eigenvalue weighted by Gasteiger charge is -2.34. The van der Waals surface area contributed by atoms with Crippen LogP contribution in [0.15, 0.2) is 35.7 Å². The van der Waals surface area contributed by atoms with E-state index in [-0.39, 0.29) is 24.0 Å². The maximum absolute atomic E-state index is 13.3. The van der Waals surface area contributed by atoms with E-state index in [4.69, 9.17) is 4.74 Å². The first-order chi connectivity index (χ1) is 12.5. The van der Waals surface area contributed by atoms with Crippen molar-refractivity contribution in [2.75, 3.05) is 32.8 Å². The third-order valence-electron chi connectivity index (χ3n) is 4.15. The summed E-state index contributed by atoms with van der Waals surface area (Å²) in [6.07, 6.45) is 0. The smallest absolute Gasteiger partial charge is 0.311 e. The van der Waals surface area contributed by atoms with E-state index in [1.807, 2.05) is 11.4 Å². The summed E-state index contributed by atoms with van der Waals surface area (Å²) in [5.41, 5.74) is -0.361. The van der Waals surface area contributed by atoms with Gasteiger partial charge in [0.2, 0.25) is 5.75 Å². The quantitative estimate of drug-likeness (QED) is 0.569. The first kappa shape index (κ1) is 18.3. The van der Waals surface area contributed by atoms with Gasteiger partial charge >= 0.3 is 5.69 Å². The number of benzene rings is 1. The Balaban J connectivity index is 1.50. The summed E-state index contributed by atoms with van der Waals surface area (Å²) in [5, 5.41) is 13.0. The molecule has 0 spiro atoms. The van der Waals surface area contributed by atoms with Gasteiger partial charge in [0, 0.05) is 49.7 Å². The molecule has 2 aromatic rings. The van der Waals surface area contributed by atoms with E-state index in [1.165, 1.54) is 4.88 Å². The first-order valence-corrected chi connectivity index (χ1v) is 9.00. The lowest BCUT2D eigenvalue weighted by atomic mass is 10.3. The van der Waals surface area contributed by atoms with Crippen molar-refractivity contribution in [1.29, 1.82) is 0 Å². The van der Waals surface area contributed by atoms with Crippen LogP contribution in [0.2, 0.25) is 0 Å². The third kappa shape index (κ3) is 4.55. The molecule has 0 bridgehead atoms. The van der Waals surface area contributed by atoms with Crippen molar-refractivity contribution in [3.8, 4) is 5.75 Å². The summed E-state index contributed by atoms with van der Waals surface area (Å²) < 4.78 is 18.5. The van der Waals surface area contributed by atoms with Crippen molar-refractivity contribution in [3.63, 3.8) is 0 Å². The number of carbonyl (C=O) groups is 1. The van der Waals surface area contributed by atoms with Crippen LogP contribution >= 0.6 is 11.3 Å². The molecular weight excluding hydrogens is 361 g/mol. The number of hydrogen-bond donors (Lipinski definition) is 0. The van der Waals surface area contributed by atoms with Crippen LogP contribution in [0, 0.1) is 15.9 Å². The maximum atomic E-state index is 13.3. The van der Waals surface area contributed by atoms with Crippen LogP contribution in [-0.2, 0) is 11.3 Å². The van der Waals surface area contributed by atoms with Crippen molar-refractivity contribution >= 4 is 22.9 Å². The number of hydrogen-bond acceptors (Lipinski definition) is 6. The molecule has 1 saturated heterocycles. The number of rotatable bonds is 6. The molecule has 1 amide bonds. The van der Waals surface area contributed by atoms with Crippen molar-refractivity contribution in [2.24, 2.45) is 0 Å². The number of piperazine rings is 1. The van der Waals surface area contributed by atoms with Crippen molar-refractivity contribution in [2.45, 2.75) is 6.54 Å². The molecule has 0 unspecified atom stereocenters.